The maximum atomic E-state index is 0. The Labute approximate surface area is 103 Å². The molecular formula is H5CuNiPbSbZn. The van der Waals surface area contributed by atoms with E-state index in [1.54, 1.807) is 0 Å². The van der Waals surface area contributed by atoms with Crippen LogP contribution in [0.15, 0.2) is 0 Å². The Bertz CT molecular complexity index is 11.6. The number of rotatable bonds is 0. The molecule has 0 amide bonds. The van der Waals surface area contributed by atoms with Crippen molar-refractivity contribution in [2.45, 2.75) is 0 Å². The van der Waals surface area contributed by atoms with Crippen molar-refractivity contribution in [3.63, 3.8) is 0 Å². The Morgan fingerprint density at radius 2 is 1.00 bits per heavy atom. The summed E-state index contributed by atoms with van der Waals surface area (Å²) in [5, 5.41) is 0. The predicted octanol–water partition coefficient (Wildman–Crippen LogP) is -2.11. The van der Waals surface area contributed by atoms with E-state index in [4.69, 9.17) is 0 Å². The van der Waals surface area contributed by atoms with Crippen molar-refractivity contribution in [2.75, 3.05) is 0 Å². The molecule has 0 bridgehead atoms. The van der Waals surface area contributed by atoms with Crippen LogP contribution in [-0.4, -0.2) is 51.7 Å². The van der Waals surface area contributed by atoms with Gasteiger partial charge in [0.05, 0.1) is 0 Å². The van der Waals surface area contributed by atoms with Crippen LogP contribution >= 0.6 is 0 Å². The minimum Gasteiger partial charge on any atom is 0 e. The molecule has 0 atom stereocenters. The third-order valence-electron chi connectivity index (χ3n) is 0. The third kappa shape index (κ3) is 18.7. The van der Waals surface area contributed by atoms with Crippen LogP contribution < -0.4 is 0 Å². The zero-order valence-electron chi connectivity index (χ0n) is 2.74. The topological polar surface area (TPSA) is 0 Å². The smallest absolute Gasteiger partial charge is 0 e. The molecule has 0 aliphatic rings. The van der Waals surface area contributed by atoms with Crippen molar-refractivity contribution in [1.82, 2.24) is 0 Å². The zero-order valence-corrected chi connectivity index (χ0v) is 17.2. The first-order valence-corrected chi connectivity index (χ1v) is 0. The van der Waals surface area contributed by atoms with E-state index >= 15 is 0 Å². The molecule has 0 nitrogen and oxygen atoms in total. The van der Waals surface area contributed by atoms with Crippen LogP contribution in [0.5, 0.6) is 0 Å². The maximum absolute atomic E-state index is 0. The van der Waals surface area contributed by atoms with Gasteiger partial charge >= 0.3 is 51.7 Å². The van der Waals surface area contributed by atoms with Gasteiger partial charge in [0.2, 0.25) is 0 Å². The molecular weight excluding hydrogens is 517 g/mol. The largest absolute Gasteiger partial charge is 0 e. The molecule has 0 aliphatic heterocycles. The third-order valence-corrected chi connectivity index (χ3v) is 0. The molecule has 0 aliphatic carbocycles. The van der Waals surface area contributed by atoms with E-state index in [1.807, 2.05) is 0 Å². The minimum atomic E-state index is 0. The minimum absolute atomic E-state index is 0. The first kappa shape index (κ1) is 40.0. The molecule has 0 saturated carbocycles. The summed E-state index contributed by atoms with van der Waals surface area (Å²) in [6, 6.07) is 0. The summed E-state index contributed by atoms with van der Waals surface area (Å²) < 4.78 is 0. The molecule has 5 heteroatoms. The van der Waals surface area contributed by atoms with E-state index in [-0.39, 0.29) is 105 Å². The van der Waals surface area contributed by atoms with E-state index in [0.29, 0.717) is 0 Å². The average Bonchev–Trinajstić information content (AvgIpc) is 0. The van der Waals surface area contributed by atoms with E-state index in [9.17, 15) is 0 Å². The molecule has 0 heterocycles. The fourth-order valence-corrected chi connectivity index (χ4v) is 0. The SMILES string of the molecule is [Cu].[Ni].[PbH2].[SbH3].[Zn]. The van der Waals surface area contributed by atoms with Gasteiger partial charge in [0.1, 0.15) is 0 Å². The summed E-state index contributed by atoms with van der Waals surface area (Å²) in [6.07, 6.45) is 0. The van der Waals surface area contributed by atoms with Gasteiger partial charge in [-0.2, -0.15) is 0 Å². The normalized spacial score (nSPS) is 0. The van der Waals surface area contributed by atoms with Crippen molar-refractivity contribution in [3.8, 4) is 0 Å². The fraction of sp³-hybridized carbons (Fsp3) is 0. The standard InChI is InChI=1S/Cu.Ni.Pb.Sb.Zn.5H. The van der Waals surface area contributed by atoms with Crippen molar-refractivity contribution in [3.05, 3.63) is 0 Å². The molecule has 0 aromatic rings. The average molecular weight is 522 g/mol. The quantitative estimate of drug-likeness (QED) is 0.321. The summed E-state index contributed by atoms with van der Waals surface area (Å²) in [6.45, 7) is 0. The van der Waals surface area contributed by atoms with Gasteiger partial charge in [0.25, 0.3) is 0 Å². The molecule has 5 heavy (non-hydrogen) atoms. The van der Waals surface area contributed by atoms with Crippen molar-refractivity contribution < 1.29 is 53.0 Å². The predicted molar refractivity (Wildman–Crippen MR) is 18.5 cm³/mol. The second-order valence-corrected chi connectivity index (χ2v) is 0. The molecule has 0 rings (SSSR count). The second kappa shape index (κ2) is 26.3. The van der Waals surface area contributed by atoms with E-state index in [2.05, 4.69) is 0 Å². The van der Waals surface area contributed by atoms with Crippen LogP contribution in [0, 0.1) is 0 Å². The van der Waals surface area contributed by atoms with Gasteiger partial charge in [-0.05, 0) is 0 Å². The fourth-order valence-electron chi connectivity index (χ4n) is 0. The first-order valence-electron chi connectivity index (χ1n) is 0. The van der Waals surface area contributed by atoms with Crippen molar-refractivity contribution in [1.29, 1.82) is 0 Å². The van der Waals surface area contributed by atoms with E-state index in [1.165, 1.54) is 0 Å². The molecule has 3 radical (unpaired) electrons. The summed E-state index contributed by atoms with van der Waals surface area (Å²) >= 11 is 0. The van der Waals surface area contributed by atoms with Crippen molar-refractivity contribution in [2.24, 2.45) is 0 Å². The summed E-state index contributed by atoms with van der Waals surface area (Å²) in [5.74, 6) is 0. The molecule has 0 aromatic heterocycles. The van der Waals surface area contributed by atoms with Crippen LogP contribution in [0.25, 0.3) is 0 Å². The van der Waals surface area contributed by atoms with Gasteiger partial charge in [0, 0.05) is 53.0 Å². The van der Waals surface area contributed by atoms with Gasteiger partial charge in [-0.1, -0.05) is 0 Å². The molecule has 0 fully saturated rings. The van der Waals surface area contributed by atoms with Gasteiger partial charge in [-0.3, -0.25) is 0 Å². The van der Waals surface area contributed by atoms with Gasteiger partial charge in [0.15, 0.2) is 0 Å². The molecule has 0 N–H and O–H groups in total. The number of hydrogen-bond donors (Lipinski definition) is 0. The van der Waals surface area contributed by atoms with Crippen LogP contribution in [-0.2, 0) is 53.0 Å². The monoisotopic (exact) mass is 519 g/mol. The zero-order chi connectivity index (χ0) is 0. The first-order chi connectivity index (χ1) is 0. The Hall–Kier alpha value is 3.38. The van der Waals surface area contributed by atoms with E-state index in [0.717, 1.165) is 0 Å². The van der Waals surface area contributed by atoms with Gasteiger partial charge in [-0.15, -0.1) is 0 Å². The van der Waals surface area contributed by atoms with Crippen molar-refractivity contribution >= 4 is 51.7 Å². The van der Waals surface area contributed by atoms with Gasteiger partial charge in [-0.25, -0.2) is 0 Å². The Balaban J connectivity index is 0. The Morgan fingerprint density at radius 1 is 1.00 bits per heavy atom. The summed E-state index contributed by atoms with van der Waals surface area (Å²) in [4.78, 5) is 0. The maximum Gasteiger partial charge on any atom is 0 e. The summed E-state index contributed by atoms with van der Waals surface area (Å²) in [5.41, 5.74) is 0. The number of hydrogen-bond acceptors (Lipinski definition) is 0. The van der Waals surface area contributed by atoms with Crippen LogP contribution in [0.4, 0.5) is 0 Å². The summed E-state index contributed by atoms with van der Waals surface area (Å²) in [7, 11) is 0. The molecule has 0 saturated heterocycles. The Morgan fingerprint density at radius 3 is 1.00 bits per heavy atom. The van der Waals surface area contributed by atoms with Crippen LogP contribution in [0.2, 0.25) is 0 Å². The molecule has 0 spiro atoms. The van der Waals surface area contributed by atoms with Gasteiger partial charge < -0.3 is 0 Å². The molecule has 0 unspecified atom stereocenters. The molecule has 37 valence electrons. The second-order valence-electron chi connectivity index (χ2n) is 0. The van der Waals surface area contributed by atoms with E-state index < -0.39 is 0 Å². The van der Waals surface area contributed by atoms with Crippen LogP contribution in [0.1, 0.15) is 0 Å². The van der Waals surface area contributed by atoms with Crippen LogP contribution in [0.3, 0.4) is 0 Å². The molecule has 0 aromatic carbocycles. The Kier molecular flexibility index (Phi) is 210.